The Bertz CT molecular complexity index is 699. The van der Waals surface area contributed by atoms with Crippen LogP contribution in [0.5, 0.6) is 0 Å². The molecule has 30 heavy (non-hydrogen) atoms. The first-order valence-corrected chi connectivity index (χ1v) is 11.2. The number of ether oxygens (including phenoxy) is 2. The molecule has 0 aliphatic carbocycles. The van der Waals surface area contributed by atoms with Gasteiger partial charge < -0.3 is 20.1 Å². The molecule has 0 amide bonds. The van der Waals surface area contributed by atoms with Gasteiger partial charge in [0.2, 0.25) is 0 Å². The molecule has 172 valence electrons. The number of guanidine groups is 1. The first kappa shape index (κ1) is 25.1. The van der Waals surface area contributed by atoms with Crippen LogP contribution >= 0.6 is 24.0 Å². The third-order valence-corrected chi connectivity index (χ3v) is 5.26. The normalized spacial score (nSPS) is 18.7. The molecule has 1 saturated heterocycles. The molecule has 9 nitrogen and oxygen atoms in total. The molecule has 1 fully saturated rings. The van der Waals surface area contributed by atoms with Crippen molar-refractivity contribution >= 4 is 29.9 Å². The van der Waals surface area contributed by atoms with Crippen LogP contribution in [0, 0.1) is 0 Å². The minimum Gasteiger partial charge on any atom is -0.379 e. The lowest BCUT2D eigenvalue weighted by Gasteiger charge is -2.12. The summed E-state index contributed by atoms with van der Waals surface area (Å²) in [7, 11) is 0. The SMILES string of the molecule is CCNC(=NCCCn1nc2n(c1=O)CCCC2)NCCCOCC1CCCO1.I. The van der Waals surface area contributed by atoms with Gasteiger partial charge in [-0.05, 0) is 45.4 Å². The second kappa shape index (κ2) is 14.0. The maximum Gasteiger partial charge on any atom is 0.345 e. The van der Waals surface area contributed by atoms with Gasteiger partial charge >= 0.3 is 5.69 Å². The lowest BCUT2D eigenvalue weighted by molar-refractivity contribution is 0.0168. The van der Waals surface area contributed by atoms with Gasteiger partial charge in [0.25, 0.3) is 0 Å². The van der Waals surface area contributed by atoms with E-state index in [4.69, 9.17) is 9.47 Å². The fourth-order valence-electron chi connectivity index (χ4n) is 3.72. The summed E-state index contributed by atoms with van der Waals surface area (Å²) in [6.07, 6.45) is 7.36. The van der Waals surface area contributed by atoms with E-state index in [-0.39, 0.29) is 35.8 Å². The Morgan fingerprint density at radius 1 is 1.30 bits per heavy atom. The molecule has 3 heterocycles. The topological polar surface area (TPSA) is 94.7 Å². The highest BCUT2D eigenvalue weighted by molar-refractivity contribution is 14.0. The molecule has 0 saturated carbocycles. The molecular formula is C20H37IN6O3. The van der Waals surface area contributed by atoms with Crippen LogP contribution in [-0.4, -0.2) is 65.9 Å². The van der Waals surface area contributed by atoms with Crippen LogP contribution in [0.15, 0.2) is 9.79 Å². The molecule has 1 atom stereocenters. The lowest BCUT2D eigenvalue weighted by atomic mass is 10.2. The maximum absolute atomic E-state index is 12.3. The van der Waals surface area contributed by atoms with Crippen molar-refractivity contribution in [1.29, 1.82) is 0 Å². The van der Waals surface area contributed by atoms with Crippen molar-refractivity contribution in [3.05, 3.63) is 16.3 Å². The molecule has 2 aliphatic heterocycles. The zero-order valence-corrected chi connectivity index (χ0v) is 20.4. The fourth-order valence-corrected chi connectivity index (χ4v) is 3.72. The van der Waals surface area contributed by atoms with Gasteiger partial charge in [-0.2, -0.15) is 5.10 Å². The van der Waals surface area contributed by atoms with Crippen molar-refractivity contribution in [3.63, 3.8) is 0 Å². The van der Waals surface area contributed by atoms with E-state index in [1.54, 1.807) is 4.68 Å². The Kier molecular flexibility index (Phi) is 11.7. The molecule has 3 rings (SSSR count). The number of fused-ring (bicyclic) bond motifs is 1. The van der Waals surface area contributed by atoms with Crippen molar-refractivity contribution in [1.82, 2.24) is 25.0 Å². The molecule has 2 aliphatic rings. The molecule has 0 aromatic carbocycles. The minimum absolute atomic E-state index is 0. The number of nitrogens with one attached hydrogen (secondary N) is 2. The zero-order valence-electron chi connectivity index (χ0n) is 18.1. The predicted molar refractivity (Wildman–Crippen MR) is 128 cm³/mol. The van der Waals surface area contributed by atoms with Crippen LogP contribution in [0.25, 0.3) is 0 Å². The molecule has 1 aromatic rings. The molecule has 0 bridgehead atoms. The van der Waals surface area contributed by atoms with Gasteiger partial charge in [-0.15, -0.1) is 24.0 Å². The van der Waals surface area contributed by atoms with Crippen LogP contribution < -0.4 is 16.3 Å². The quantitative estimate of drug-likeness (QED) is 0.193. The second-order valence-electron chi connectivity index (χ2n) is 7.64. The summed E-state index contributed by atoms with van der Waals surface area (Å²) in [5, 5.41) is 11.1. The number of rotatable bonds is 11. The van der Waals surface area contributed by atoms with Crippen molar-refractivity contribution in [2.24, 2.45) is 4.99 Å². The lowest BCUT2D eigenvalue weighted by Crippen LogP contribution is -2.38. The predicted octanol–water partition coefficient (Wildman–Crippen LogP) is 1.53. The van der Waals surface area contributed by atoms with Gasteiger partial charge in [-0.1, -0.05) is 0 Å². The van der Waals surface area contributed by atoms with E-state index in [9.17, 15) is 4.79 Å². The molecule has 10 heteroatoms. The monoisotopic (exact) mass is 536 g/mol. The summed E-state index contributed by atoms with van der Waals surface area (Å²) >= 11 is 0. The zero-order chi connectivity index (χ0) is 20.3. The van der Waals surface area contributed by atoms with E-state index in [0.29, 0.717) is 19.7 Å². The number of aryl methyl sites for hydroxylation is 2. The summed E-state index contributed by atoms with van der Waals surface area (Å²) in [5.41, 5.74) is 0.0247. The Morgan fingerprint density at radius 2 is 2.20 bits per heavy atom. The first-order valence-electron chi connectivity index (χ1n) is 11.2. The van der Waals surface area contributed by atoms with E-state index in [1.807, 2.05) is 4.57 Å². The molecule has 0 radical (unpaired) electrons. The Morgan fingerprint density at radius 3 is 2.97 bits per heavy atom. The molecule has 1 aromatic heterocycles. The van der Waals surface area contributed by atoms with Crippen molar-refractivity contribution in [3.8, 4) is 0 Å². The largest absolute Gasteiger partial charge is 0.379 e. The second-order valence-corrected chi connectivity index (χ2v) is 7.64. The molecular weight excluding hydrogens is 499 g/mol. The van der Waals surface area contributed by atoms with E-state index < -0.39 is 0 Å². The summed E-state index contributed by atoms with van der Waals surface area (Å²) < 4.78 is 14.7. The summed E-state index contributed by atoms with van der Waals surface area (Å²) in [5.74, 6) is 1.74. The van der Waals surface area contributed by atoms with Gasteiger partial charge in [-0.3, -0.25) is 9.56 Å². The maximum atomic E-state index is 12.3. The van der Waals surface area contributed by atoms with E-state index in [0.717, 1.165) is 89.6 Å². The number of aliphatic imine (C=N–C) groups is 1. The van der Waals surface area contributed by atoms with E-state index in [1.165, 1.54) is 0 Å². The number of halogens is 1. The van der Waals surface area contributed by atoms with Crippen LogP contribution in [0.2, 0.25) is 0 Å². The average Bonchev–Trinajstić information content (AvgIpc) is 3.36. The summed E-state index contributed by atoms with van der Waals surface area (Å²) in [6.45, 7) is 8.04. The van der Waals surface area contributed by atoms with Crippen molar-refractivity contribution in [2.45, 2.75) is 71.1 Å². The Hall–Kier alpha value is -1.14. The summed E-state index contributed by atoms with van der Waals surface area (Å²) in [6, 6.07) is 0. The van der Waals surface area contributed by atoms with Crippen LogP contribution in [-0.2, 0) is 29.0 Å². The Balaban J connectivity index is 0.00000320. The van der Waals surface area contributed by atoms with Crippen LogP contribution in [0.3, 0.4) is 0 Å². The van der Waals surface area contributed by atoms with Crippen molar-refractivity contribution < 1.29 is 9.47 Å². The third kappa shape index (κ3) is 7.84. The fraction of sp³-hybridized carbons (Fsp3) is 0.850. The summed E-state index contributed by atoms with van der Waals surface area (Å²) in [4.78, 5) is 16.9. The minimum atomic E-state index is 0. The highest BCUT2D eigenvalue weighted by Gasteiger charge is 2.16. The van der Waals surface area contributed by atoms with E-state index >= 15 is 0 Å². The Labute approximate surface area is 196 Å². The van der Waals surface area contributed by atoms with Gasteiger partial charge in [0.1, 0.15) is 5.82 Å². The van der Waals surface area contributed by atoms with Gasteiger partial charge in [-0.25, -0.2) is 9.48 Å². The molecule has 1 unspecified atom stereocenters. The van der Waals surface area contributed by atoms with Gasteiger partial charge in [0.15, 0.2) is 5.96 Å². The molecule has 2 N–H and O–H groups in total. The molecule has 0 spiro atoms. The highest BCUT2D eigenvalue weighted by Crippen LogP contribution is 2.12. The number of hydrogen-bond acceptors (Lipinski definition) is 5. The van der Waals surface area contributed by atoms with E-state index in [2.05, 4.69) is 27.6 Å². The van der Waals surface area contributed by atoms with Gasteiger partial charge in [0, 0.05) is 52.4 Å². The number of aromatic nitrogens is 3. The van der Waals surface area contributed by atoms with Crippen LogP contribution in [0.4, 0.5) is 0 Å². The first-order chi connectivity index (χ1) is 14.3. The third-order valence-electron chi connectivity index (χ3n) is 5.26. The highest BCUT2D eigenvalue weighted by atomic mass is 127. The van der Waals surface area contributed by atoms with Crippen LogP contribution in [0.1, 0.15) is 51.3 Å². The number of nitrogens with zero attached hydrogens (tertiary/aromatic N) is 4. The van der Waals surface area contributed by atoms with Gasteiger partial charge in [0.05, 0.1) is 12.7 Å². The standard InChI is InChI=1S/C20H36N6O3.HI/c1-2-21-19(23-11-7-14-28-16-17-8-5-15-29-17)22-10-6-13-26-20(27)25-12-4-3-9-18(25)24-26;/h17H,2-16H2,1H3,(H2,21,22,23);1H. The average molecular weight is 536 g/mol. The van der Waals surface area contributed by atoms with Crippen molar-refractivity contribution in [2.75, 3.05) is 39.5 Å². The smallest absolute Gasteiger partial charge is 0.345 e. The number of hydrogen-bond donors (Lipinski definition) is 2.